The van der Waals surface area contributed by atoms with E-state index in [1.807, 2.05) is 20.8 Å². The molecule has 20 heavy (non-hydrogen) atoms. The predicted octanol–water partition coefficient (Wildman–Crippen LogP) is -0.469. The molecule has 0 radical (unpaired) electrons. The van der Waals surface area contributed by atoms with E-state index in [1.54, 1.807) is 0 Å². The van der Waals surface area contributed by atoms with Crippen LogP contribution in [0, 0.1) is 0 Å². The summed E-state index contributed by atoms with van der Waals surface area (Å²) in [6.45, 7) is 5.63. The van der Waals surface area contributed by atoms with Crippen molar-refractivity contribution >= 4 is 17.0 Å². The van der Waals surface area contributed by atoms with Crippen molar-refractivity contribution in [3.05, 3.63) is 31.2 Å². The van der Waals surface area contributed by atoms with Gasteiger partial charge in [-0.2, -0.15) is 0 Å². The fraction of sp³-hybridized carbons (Fsp3) is 0.500. The Hall–Kier alpha value is -2.38. The molecule has 0 saturated carbocycles. The number of aromatic amines is 1. The second-order valence-corrected chi connectivity index (χ2v) is 5.69. The lowest BCUT2D eigenvalue weighted by atomic mass is 10.1. The number of nitrogens with zero attached hydrogens (tertiary/aromatic N) is 3. The zero-order chi connectivity index (χ0) is 15.2. The van der Waals surface area contributed by atoms with Crippen LogP contribution >= 0.6 is 0 Å². The topological polar surface area (TPSA) is 102 Å². The van der Waals surface area contributed by atoms with Crippen molar-refractivity contribution in [2.75, 3.05) is 5.32 Å². The van der Waals surface area contributed by atoms with Crippen molar-refractivity contribution in [1.29, 1.82) is 0 Å². The molecule has 0 spiro atoms. The van der Waals surface area contributed by atoms with Crippen molar-refractivity contribution in [1.82, 2.24) is 19.1 Å². The minimum atomic E-state index is -0.574. The van der Waals surface area contributed by atoms with Crippen LogP contribution < -0.4 is 22.1 Å². The van der Waals surface area contributed by atoms with Gasteiger partial charge >= 0.3 is 5.69 Å². The Balaban J connectivity index is 2.88. The molecule has 0 bridgehead atoms. The van der Waals surface area contributed by atoms with Gasteiger partial charge in [0.15, 0.2) is 17.0 Å². The Morgan fingerprint density at radius 2 is 1.70 bits per heavy atom. The maximum absolute atomic E-state index is 12.0. The van der Waals surface area contributed by atoms with Crippen molar-refractivity contribution in [2.45, 2.75) is 26.3 Å². The highest BCUT2D eigenvalue weighted by molar-refractivity contribution is 5.70. The standard InChI is InChI=1S/C12H17N5O3/c1-12(2,3)15-7-9(18)13-6-8(14-7)16(4)11(20)17(5)10(6)19/h1-5H3,(H,13,18)(H,14,15). The first-order valence-corrected chi connectivity index (χ1v) is 6.10. The second kappa shape index (κ2) is 4.32. The third-order valence-electron chi connectivity index (χ3n) is 2.80. The third-order valence-corrected chi connectivity index (χ3v) is 2.80. The Kier molecular flexibility index (Phi) is 3.04. The molecular weight excluding hydrogens is 262 g/mol. The summed E-state index contributed by atoms with van der Waals surface area (Å²) in [5.74, 6) is 0.0771. The number of anilines is 1. The van der Waals surface area contributed by atoms with E-state index in [0.29, 0.717) is 0 Å². The Labute approximate surface area is 114 Å². The average Bonchev–Trinajstić information content (AvgIpc) is 2.34. The van der Waals surface area contributed by atoms with E-state index in [4.69, 9.17) is 0 Å². The highest BCUT2D eigenvalue weighted by atomic mass is 16.2. The fourth-order valence-electron chi connectivity index (χ4n) is 1.84. The largest absolute Gasteiger partial charge is 0.361 e. The van der Waals surface area contributed by atoms with Gasteiger partial charge in [-0.3, -0.25) is 18.7 Å². The summed E-state index contributed by atoms with van der Waals surface area (Å²) in [6.07, 6.45) is 0. The van der Waals surface area contributed by atoms with Gasteiger partial charge in [-0.25, -0.2) is 9.78 Å². The molecule has 0 atom stereocenters. The molecular formula is C12H17N5O3. The van der Waals surface area contributed by atoms with E-state index in [1.165, 1.54) is 18.7 Å². The lowest BCUT2D eigenvalue weighted by molar-refractivity contribution is 0.628. The maximum atomic E-state index is 12.0. The van der Waals surface area contributed by atoms with Crippen LogP contribution in [-0.4, -0.2) is 24.6 Å². The molecule has 2 aromatic heterocycles. The monoisotopic (exact) mass is 279 g/mol. The van der Waals surface area contributed by atoms with Crippen LogP contribution in [0.4, 0.5) is 5.82 Å². The quantitative estimate of drug-likeness (QED) is 0.735. The molecule has 0 unspecified atom stereocenters. The first-order valence-electron chi connectivity index (χ1n) is 6.10. The van der Waals surface area contributed by atoms with E-state index < -0.39 is 16.8 Å². The number of hydrogen-bond donors (Lipinski definition) is 2. The van der Waals surface area contributed by atoms with Gasteiger partial charge < -0.3 is 10.3 Å². The lowest BCUT2D eigenvalue weighted by Gasteiger charge is -2.20. The summed E-state index contributed by atoms with van der Waals surface area (Å²) in [7, 11) is 2.85. The first kappa shape index (κ1) is 14.0. The zero-order valence-corrected chi connectivity index (χ0v) is 12.1. The average molecular weight is 279 g/mol. The predicted molar refractivity (Wildman–Crippen MR) is 76.2 cm³/mol. The van der Waals surface area contributed by atoms with Crippen LogP contribution in [0.3, 0.4) is 0 Å². The molecule has 0 aliphatic heterocycles. The summed E-state index contributed by atoms with van der Waals surface area (Å²) in [5.41, 5.74) is -1.78. The van der Waals surface area contributed by atoms with Crippen LogP contribution in [0.15, 0.2) is 14.4 Å². The van der Waals surface area contributed by atoms with Crippen LogP contribution in [0.5, 0.6) is 0 Å². The van der Waals surface area contributed by atoms with E-state index >= 15 is 0 Å². The maximum Gasteiger partial charge on any atom is 0.332 e. The van der Waals surface area contributed by atoms with Gasteiger partial charge in [-0.1, -0.05) is 0 Å². The number of nitrogens with one attached hydrogen (secondary N) is 2. The first-order chi connectivity index (χ1) is 9.11. The molecule has 2 N–H and O–H groups in total. The molecule has 2 rings (SSSR count). The smallest absolute Gasteiger partial charge is 0.332 e. The Morgan fingerprint density at radius 3 is 2.25 bits per heavy atom. The number of rotatable bonds is 1. The summed E-state index contributed by atoms with van der Waals surface area (Å²) >= 11 is 0. The molecule has 2 heterocycles. The van der Waals surface area contributed by atoms with Gasteiger partial charge in [0.2, 0.25) is 0 Å². The summed E-state index contributed by atoms with van der Waals surface area (Å²) in [4.78, 5) is 42.4. The third kappa shape index (κ3) is 2.24. The van der Waals surface area contributed by atoms with E-state index in [0.717, 1.165) is 4.57 Å². The van der Waals surface area contributed by atoms with Crippen molar-refractivity contribution in [2.24, 2.45) is 14.1 Å². The van der Waals surface area contributed by atoms with Crippen LogP contribution in [0.2, 0.25) is 0 Å². The van der Waals surface area contributed by atoms with E-state index in [9.17, 15) is 14.4 Å². The van der Waals surface area contributed by atoms with Gasteiger partial charge in [0.1, 0.15) is 0 Å². The van der Waals surface area contributed by atoms with Crippen molar-refractivity contribution in [3.8, 4) is 0 Å². The van der Waals surface area contributed by atoms with Crippen LogP contribution in [0.1, 0.15) is 20.8 Å². The summed E-state index contributed by atoms with van der Waals surface area (Å²) in [5, 5.41) is 2.94. The van der Waals surface area contributed by atoms with Gasteiger partial charge in [-0.15, -0.1) is 0 Å². The molecule has 0 saturated heterocycles. The Bertz CT molecular complexity index is 851. The highest BCUT2D eigenvalue weighted by Gasteiger charge is 2.17. The molecule has 0 fully saturated rings. The summed E-state index contributed by atoms with van der Waals surface area (Å²) in [6, 6.07) is 0. The second-order valence-electron chi connectivity index (χ2n) is 5.69. The fourth-order valence-corrected chi connectivity index (χ4v) is 1.84. The van der Waals surface area contributed by atoms with Gasteiger partial charge in [0, 0.05) is 19.6 Å². The number of fused-ring (bicyclic) bond motifs is 1. The molecule has 0 aliphatic rings. The minimum absolute atomic E-state index is 0.0130. The Morgan fingerprint density at radius 1 is 1.10 bits per heavy atom. The van der Waals surface area contributed by atoms with Crippen molar-refractivity contribution < 1.29 is 0 Å². The molecule has 2 aromatic rings. The molecule has 0 aromatic carbocycles. The van der Waals surface area contributed by atoms with Gasteiger partial charge in [0.05, 0.1) is 0 Å². The molecule has 8 nitrogen and oxygen atoms in total. The number of aromatic nitrogens is 4. The highest BCUT2D eigenvalue weighted by Crippen LogP contribution is 2.09. The molecule has 0 amide bonds. The van der Waals surface area contributed by atoms with Crippen LogP contribution in [0.25, 0.3) is 11.2 Å². The molecule has 8 heteroatoms. The van der Waals surface area contributed by atoms with E-state index in [-0.39, 0.29) is 22.5 Å². The summed E-state index contributed by atoms with van der Waals surface area (Å²) < 4.78 is 2.15. The number of aryl methyl sites for hydroxylation is 1. The van der Waals surface area contributed by atoms with Gasteiger partial charge in [-0.05, 0) is 20.8 Å². The van der Waals surface area contributed by atoms with Gasteiger partial charge in [0.25, 0.3) is 11.1 Å². The minimum Gasteiger partial charge on any atom is -0.361 e. The molecule has 108 valence electrons. The van der Waals surface area contributed by atoms with Crippen LogP contribution in [-0.2, 0) is 14.1 Å². The molecule has 0 aliphatic carbocycles. The SMILES string of the molecule is Cn1c(=O)c2[nH]c(=O)c(NC(C)(C)C)nc2n(C)c1=O. The lowest BCUT2D eigenvalue weighted by Crippen LogP contribution is -2.39. The number of H-pyrrole nitrogens is 1. The normalized spacial score (nSPS) is 11.8. The van der Waals surface area contributed by atoms with Crippen molar-refractivity contribution in [3.63, 3.8) is 0 Å². The zero-order valence-electron chi connectivity index (χ0n) is 12.1. The van der Waals surface area contributed by atoms with E-state index in [2.05, 4.69) is 15.3 Å². The number of hydrogen-bond acceptors (Lipinski definition) is 5.